The van der Waals surface area contributed by atoms with Crippen LogP contribution in [0.15, 0.2) is 24.3 Å². The quantitative estimate of drug-likeness (QED) is 0.808. The van der Waals surface area contributed by atoms with Gasteiger partial charge in [-0.15, -0.1) is 11.3 Å². The first kappa shape index (κ1) is 15.2. The zero-order valence-corrected chi connectivity index (χ0v) is 13.6. The highest BCUT2D eigenvalue weighted by Gasteiger charge is 2.13. The van der Waals surface area contributed by atoms with Gasteiger partial charge in [-0.2, -0.15) is 12.6 Å². The molecule has 0 N–H and O–H groups in total. The fourth-order valence-electron chi connectivity index (χ4n) is 1.86. The highest BCUT2D eigenvalue weighted by Crippen LogP contribution is 2.27. The molecule has 108 valence electrons. The highest BCUT2D eigenvalue weighted by atomic mass is 32.1. The second kappa shape index (κ2) is 6.99. The minimum absolute atomic E-state index is 0.420. The van der Waals surface area contributed by atoms with Crippen molar-refractivity contribution in [3.63, 3.8) is 0 Å². The predicted molar refractivity (Wildman–Crippen MR) is 86.2 cm³/mol. The van der Waals surface area contributed by atoms with Gasteiger partial charge >= 0.3 is 0 Å². The number of aromatic nitrogens is 1. The molecule has 0 aliphatic carbocycles. The van der Waals surface area contributed by atoms with E-state index in [0.717, 1.165) is 28.0 Å². The van der Waals surface area contributed by atoms with E-state index in [1.54, 1.807) is 18.4 Å². The molecule has 2 aromatic rings. The van der Waals surface area contributed by atoms with Gasteiger partial charge in [-0.25, -0.2) is 4.98 Å². The lowest BCUT2D eigenvalue weighted by Gasteiger charge is -2.05. The van der Waals surface area contributed by atoms with E-state index < -0.39 is 0 Å². The van der Waals surface area contributed by atoms with Crippen LogP contribution in [0.5, 0.6) is 11.5 Å². The Morgan fingerprint density at radius 1 is 1.20 bits per heavy atom. The normalized spacial score (nSPS) is 10.8. The minimum Gasteiger partial charge on any atom is -0.497 e. The van der Waals surface area contributed by atoms with E-state index in [1.165, 1.54) is 4.88 Å². The summed E-state index contributed by atoms with van der Waals surface area (Å²) in [4.78, 5) is 5.88. The van der Waals surface area contributed by atoms with Crippen LogP contribution in [-0.2, 0) is 12.4 Å². The first-order valence-corrected chi connectivity index (χ1v) is 7.95. The van der Waals surface area contributed by atoms with Gasteiger partial charge in [-0.05, 0) is 30.2 Å². The van der Waals surface area contributed by atoms with Crippen LogP contribution in [0.2, 0.25) is 0 Å². The maximum Gasteiger partial charge on any atom is 0.140 e. The summed E-state index contributed by atoms with van der Waals surface area (Å²) in [7, 11) is 1.65. The van der Waals surface area contributed by atoms with Gasteiger partial charge < -0.3 is 9.47 Å². The van der Waals surface area contributed by atoms with Crippen molar-refractivity contribution < 1.29 is 9.47 Å². The van der Waals surface area contributed by atoms with Crippen molar-refractivity contribution in [1.82, 2.24) is 4.98 Å². The van der Waals surface area contributed by atoms with Crippen molar-refractivity contribution in [2.24, 2.45) is 0 Å². The molecule has 0 radical (unpaired) electrons. The van der Waals surface area contributed by atoms with Gasteiger partial charge in [0.05, 0.1) is 12.8 Å². The number of methoxy groups -OCH3 is 1. The van der Waals surface area contributed by atoms with Gasteiger partial charge in [-0.1, -0.05) is 13.8 Å². The molecular formula is C15H19NO2S2. The summed E-state index contributed by atoms with van der Waals surface area (Å²) >= 11 is 6.04. The summed E-state index contributed by atoms with van der Waals surface area (Å²) in [6, 6.07) is 7.57. The number of rotatable bonds is 6. The third-order valence-electron chi connectivity index (χ3n) is 2.88. The van der Waals surface area contributed by atoms with E-state index in [9.17, 15) is 0 Å². The molecule has 0 fully saturated rings. The first-order chi connectivity index (χ1) is 9.63. The molecule has 0 unspecified atom stereocenters. The van der Waals surface area contributed by atoms with Crippen LogP contribution in [0.3, 0.4) is 0 Å². The van der Waals surface area contributed by atoms with Crippen LogP contribution in [0.4, 0.5) is 0 Å². The molecule has 1 aromatic heterocycles. The number of thiol groups is 1. The van der Waals surface area contributed by atoms with Crippen LogP contribution in [0.1, 0.15) is 35.3 Å². The molecule has 0 saturated heterocycles. The molecule has 0 aliphatic rings. The average molecular weight is 309 g/mol. The highest BCUT2D eigenvalue weighted by molar-refractivity contribution is 7.79. The molecule has 0 amide bonds. The van der Waals surface area contributed by atoms with Gasteiger partial charge in [0.1, 0.15) is 23.1 Å². The fraction of sp³-hybridized carbons (Fsp3) is 0.400. The van der Waals surface area contributed by atoms with Crippen molar-refractivity contribution >= 4 is 24.0 Å². The van der Waals surface area contributed by atoms with Crippen molar-refractivity contribution in [1.29, 1.82) is 0 Å². The maximum absolute atomic E-state index is 5.75. The molecule has 5 heteroatoms. The molecule has 1 heterocycles. The van der Waals surface area contributed by atoms with Crippen LogP contribution in [0, 0.1) is 0 Å². The van der Waals surface area contributed by atoms with Gasteiger partial charge in [-0.3, -0.25) is 0 Å². The molecule has 0 atom stereocenters. The van der Waals surface area contributed by atoms with E-state index in [0.29, 0.717) is 12.5 Å². The Morgan fingerprint density at radius 2 is 1.85 bits per heavy atom. The summed E-state index contributed by atoms with van der Waals surface area (Å²) in [5.41, 5.74) is 1.14. The Morgan fingerprint density at radius 3 is 2.35 bits per heavy atom. The summed E-state index contributed by atoms with van der Waals surface area (Å²) in [6.45, 7) is 4.79. The predicted octanol–water partition coefficient (Wildman–Crippen LogP) is 4.28. The Bertz CT molecular complexity index is 550. The zero-order valence-electron chi connectivity index (χ0n) is 11.9. The van der Waals surface area contributed by atoms with E-state index >= 15 is 0 Å². The fourth-order valence-corrected chi connectivity index (χ4v) is 3.21. The lowest BCUT2D eigenvalue weighted by atomic mass is 10.1. The molecule has 0 aliphatic heterocycles. The third-order valence-corrected chi connectivity index (χ3v) is 4.46. The summed E-state index contributed by atoms with van der Waals surface area (Å²) in [5, 5.41) is 0.994. The molecule has 0 bridgehead atoms. The molecule has 20 heavy (non-hydrogen) atoms. The van der Waals surface area contributed by atoms with E-state index in [1.807, 2.05) is 24.3 Å². The maximum atomic E-state index is 5.75. The SMILES string of the molecule is COc1ccc(OCc2nc(C(C)C)c(CS)s2)cc1. The van der Waals surface area contributed by atoms with Gasteiger partial charge in [0, 0.05) is 10.6 Å². The number of nitrogens with zero attached hydrogens (tertiary/aromatic N) is 1. The van der Waals surface area contributed by atoms with Gasteiger partial charge in [0.2, 0.25) is 0 Å². The molecule has 2 rings (SSSR count). The molecular weight excluding hydrogens is 290 g/mol. The van der Waals surface area contributed by atoms with E-state index in [-0.39, 0.29) is 0 Å². The van der Waals surface area contributed by atoms with Crippen molar-refractivity contribution in [2.75, 3.05) is 7.11 Å². The molecule has 1 aromatic carbocycles. The monoisotopic (exact) mass is 309 g/mol. The number of ether oxygens (including phenoxy) is 2. The second-order valence-electron chi connectivity index (χ2n) is 4.69. The number of hydrogen-bond acceptors (Lipinski definition) is 5. The minimum atomic E-state index is 0.420. The van der Waals surface area contributed by atoms with E-state index in [4.69, 9.17) is 9.47 Å². The number of benzene rings is 1. The number of hydrogen-bond donors (Lipinski definition) is 1. The molecule has 3 nitrogen and oxygen atoms in total. The van der Waals surface area contributed by atoms with Crippen molar-refractivity contribution in [3.05, 3.63) is 39.8 Å². The zero-order chi connectivity index (χ0) is 14.5. The number of thiazole rings is 1. The summed E-state index contributed by atoms with van der Waals surface area (Å²) in [6.07, 6.45) is 0. The van der Waals surface area contributed by atoms with Crippen molar-refractivity contribution in [3.8, 4) is 11.5 Å². The first-order valence-electron chi connectivity index (χ1n) is 6.50. The van der Waals surface area contributed by atoms with Gasteiger partial charge in [0.25, 0.3) is 0 Å². The lowest BCUT2D eigenvalue weighted by Crippen LogP contribution is -1.96. The Hall–Kier alpha value is -1.20. The van der Waals surface area contributed by atoms with Crippen LogP contribution in [0.25, 0.3) is 0 Å². The summed E-state index contributed by atoms with van der Waals surface area (Å²) in [5.74, 6) is 2.79. The second-order valence-corrected chi connectivity index (χ2v) is 6.18. The average Bonchev–Trinajstić information content (AvgIpc) is 2.89. The van der Waals surface area contributed by atoms with Crippen LogP contribution in [-0.4, -0.2) is 12.1 Å². The van der Waals surface area contributed by atoms with Crippen LogP contribution < -0.4 is 9.47 Å². The smallest absolute Gasteiger partial charge is 0.140 e. The Balaban J connectivity index is 2.02. The van der Waals surface area contributed by atoms with Crippen LogP contribution >= 0.6 is 24.0 Å². The van der Waals surface area contributed by atoms with Crippen molar-refractivity contribution in [2.45, 2.75) is 32.1 Å². The van der Waals surface area contributed by atoms with Gasteiger partial charge in [0.15, 0.2) is 0 Å². The third kappa shape index (κ3) is 3.67. The largest absolute Gasteiger partial charge is 0.497 e. The van der Waals surface area contributed by atoms with E-state index in [2.05, 4.69) is 31.5 Å². The Labute approximate surface area is 129 Å². The summed E-state index contributed by atoms with van der Waals surface area (Å²) < 4.78 is 10.9. The Kier molecular flexibility index (Phi) is 5.31. The lowest BCUT2D eigenvalue weighted by molar-refractivity contribution is 0.304. The molecule has 0 saturated carbocycles. The standard InChI is InChI=1S/C15H19NO2S2/c1-10(2)15-13(9-19)20-14(16-15)8-18-12-6-4-11(17-3)5-7-12/h4-7,10,19H,8-9H2,1-3H3. The topological polar surface area (TPSA) is 31.4 Å². The molecule has 0 spiro atoms.